The number of rotatable bonds is 5. The summed E-state index contributed by atoms with van der Waals surface area (Å²) in [4.78, 5) is 38.2. The van der Waals surface area contributed by atoms with Crippen molar-refractivity contribution >= 4 is 35.1 Å². The lowest BCUT2D eigenvalue weighted by Crippen LogP contribution is -2.21. The Kier molecular flexibility index (Phi) is 5.27. The van der Waals surface area contributed by atoms with Crippen molar-refractivity contribution in [1.82, 2.24) is 4.98 Å². The summed E-state index contributed by atoms with van der Waals surface area (Å²) in [6.45, 7) is -0.484. The number of nitrogens with zero attached hydrogens (tertiary/aromatic N) is 1. The minimum atomic E-state index is -0.748. The Bertz CT molecular complexity index is 747. The first kappa shape index (κ1) is 16.4. The first-order chi connectivity index (χ1) is 11.0. The summed E-state index contributed by atoms with van der Waals surface area (Å²) in [5, 5.41) is 2.51. The average Bonchev–Trinajstić information content (AvgIpc) is 2.53. The van der Waals surface area contributed by atoms with Crippen LogP contribution in [0.5, 0.6) is 0 Å². The van der Waals surface area contributed by atoms with Gasteiger partial charge in [-0.3, -0.25) is 9.59 Å². The molecule has 2 rings (SSSR count). The van der Waals surface area contributed by atoms with Gasteiger partial charge in [0.1, 0.15) is 5.15 Å². The van der Waals surface area contributed by atoms with Gasteiger partial charge in [0.2, 0.25) is 5.91 Å². The molecule has 118 valence electrons. The molecule has 1 heterocycles. The average molecular weight is 334 g/mol. The van der Waals surface area contributed by atoms with E-state index >= 15 is 0 Å². The molecule has 2 aromatic rings. The number of pyridine rings is 1. The maximum Gasteiger partial charge on any atom is 0.341 e. The topological polar surface area (TPSA) is 111 Å². The number of carbonyl (C=O) groups is 3. The smallest absolute Gasteiger partial charge is 0.341 e. The van der Waals surface area contributed by atoms with Gasteiger partial charge in [0, 0.05) is 17.4 Å². The molecule has 0 aliphatic heterocycles. The summed E-state index contributed by atoms with van der Waals surface area (Å²) in [5.41, 5.74) is 5.95. The molecule has 0 saturated heterocycles. The number of primary amides is 1. The highest BCUT2D eigenvalue weighted by Crippen LogP contribution is 2.13. The second kappa shape index (κ2) is 7.37. The molecule has 0 aliphatic rings. The van der Waals surface area contributed by atoms with Crippen LogP contribution in [-0.2, 0) is 9.53 Å². The Morgan fingerprint density at radius 3 is 2.48 bits per heavy atom. The number of halogens is 1. The molecule has 0 radical (unpaired) electrons. The van der Waals surface area contributed by atoms with Crippen LogP contribution in [0.15, 0.2) is 42.6 Å². The zero-order valence-corrected chi connectivity index (χ0v) is 12.5. The monoisotopic (exact) mass is 333 g/mol. The minimum Gasteiger partial charge on any atom is -0.452 e. The van der Waals surface area contributed by atoms with Crippen LogP contribution in [0.2, 0.25) is 5.15 Å². The number of hydrogen-bond acceptors (Lipinski definition) is 5. The fourth-order valence-electron chi connectivity index (χ4n) is 1.66. The number of aromatic nitrogens is 1. The molecular weight excluding hydrogens is 322 g/mol. The van der Waals surface area contributed by atoms with Gasteiger partial charge in [0.05, 0.1) is 5.56 Å². The lowest BCUT2D eigenvalue weighted by molar-refractivity contribution is -0.119. The van der Waals surface area contributed by atoms with Crippen LogP contribution in [0.4, 0.5) is 5.69 Å². The Hall–Kier alpha value is -2.93. The van der Waals surface area contributed by atoms with E-state index in [1.807, 2.05) is 0 Å². The lowest BCUT2D eigenvalue weighted by Gasteiger charge is -2.07. The van der Waals surface area contributed by atoms with Crippen molar-refractivity contribution in [3.8, 4) is 0 Å². The van der Waals surface area contributed by atoms with Crippen molar-refractivity contribution in [3.63, 3.8) is 0 Å². The van der Waals surface area contributed by atoms with E-state index in [1.165, 1.54) is 42.6 Å². The molecule has 1 aromatic carbocycles. The van der Waals surface area contributed by atoms with E-state index in [1.54, 1.807) is 0 Å². The molecule has 2 amide bonds. The van der Waals surface area contributed by atoms with Crippen molar-refractivity contribution in [3.05, 3.63) is 58.9 Å². The number of esters is 1. The van der Waals surface area contributed by atoms with Gasteiger partial charge in [0.15, 0.2) is 6.61 Å². The summed E-state index contributed by atoms with van der Waals surface area (Å²) < 4.78 is 4.86. The van der Waals surface area contributed by atoms with Gasteiger partial charge in [-0.05, 0) is 36.4 Å². The van der Waals surface area contributed by atoms with Gasteiger partial charge in [-0.25, -0.2) is 9.78 Å². The Labute approximate surface area is 136 Å². The zero-order valence-electron chi connectivity index (χ0n) is 11.8. The summed E-state index contributed by atoms with van der Waals surface area (Å²) in [7, 11) is 0. The van der Waals surface area contributed by atoms with E-state index in [0.29, 0.717) is 11.3 Å². The van der Waals surface area contributed by atoms with Crippen molar-refractivity contribution in [2.75, 3.05) is 11.9 Å². The van der Waals surface area contributed by atoms with Crippen LogP contribution >= 0.6 is 11.6 Å². The largest absolute Gasteiger partial charge is 0.452 e. The summed E-state index contributed by atoms with van der Waals surface area (Å²) >= 11 is 5.75. The lowest BCUT2D eigenvalue weighted by atomic mass is 10.2. The quantitative estimate of drug-likeness (QED) is 0.638. The number of carbonyl (C=O) groups excluding carboxylic acids is 3. The number of hydrogen-bond donors (Lipinski definition) is 2. The van der Waals surface area contributed by atoms with E-state index in [2.05, 4.69) is 10.3 Å². The minimum absolute atomic E-state index is 0.0000475. The molecule has 0 aliphatic carbocycles. The third-order valence-corrected chi connectivity index (χ3v) is 3.07. The highest BCUT2D eigenvalue weighted by atomic mass is 35.5. The zero-order chi connectivity index (χ0) is 16.8. The van der Waals surface area contributed by atoms with Crippen LogP contribution in [-0.4, -0.2) is 29.4 Å². The molecule has 0 bridgehead atoms. The molecule has 0 spiro atoms. The second-order valence-electron chi connectivity index (χ2n) is 4.41. The SMILES string of the molecule is NC(=O)c1ccc(NC(=O)COC(=O)c2cccnc2Cl)cc1. The van der Waals surface area contributed by atoms with Crippen LogP contribution in [0.25, 0.3) is 0 Å². The molecule has 3 N–H and O–H groups in total. The van der Waals surface area contributed by atoms with Crippen LogP contribution < -0.4 is 11.1 Å². The van der Waals surface area contributed by atoms with E-state index in [-0.39, 0.29) is 10.7 Å². The van der Waals surface area contributed by atoms with Gasteiger partial charge >= 0.3 is 5.97 Å². The predicted molar refractivity (Wildman–Crippen MR) is 83.1 cm³/mol. The van der Waals surface area contributed by atoms with Gasteiger partial charge < -0.3 is 15.8 Å². The third kappa shape index (κ3) is 4.52. The molecule has 0 atom stereocenters. The van der Waals surface area contributed by atoms with Crippen LogP contribution in [0.1, 0.15) is 20.7 Å². The second-order valence-corrected chi connectivity index (χ2v) is 4.77. The Balaban J connectivity index is 1.89. The van der Waals surface area contributed by atoms with Crippen molar-refractivity contribution in [2.45, 2.75) is 0 Å². The fraction of sp³-hybridized carbons (Fsp3) is 0.0667. The molecule has 0 fully saturated rings. The van der Waals surface area contributed by atoms with E-state index in [4.69, 9.17) is 22.1 Å². The maximum atomic E-state index is 11.8. The molecule has 0 unspecified atom stereocenters. The molecular formula is C15H12ClN3O4. The number of benzene rings is 1. The Morgan fingerprint density at radius 2 is 1.87 bits per heavy atom. The van der Waals surface area contributed by atoms with Crippen molar-refractivity contribution < 1.29 is 19.1 Å². The summed E-state index contributed by atoms with van der Waals surface area (Å²) in [6, 6.07) is 8.94. The van der Waals surface area contributed by atoms with Gasteiger partial charge in [-0.2, -0.15) is 0 Å². The highest BCUT2D eigenvalue weighted by molar-refractivity contribution is 6.32. The number of anilines is 1. The number of nitrogens with two attached hydrogens (primary N) is 1. The maximum absolute atomic E-state index is 11.8. The molecule has 23 heavy (non-hydrogen) atoms. The third-order valence-electron chi connectivity index (χ3n) is 2.77. The number of nitrogens with one attached hydrogen (secondary N) is 1. The molecule has 1 aromatic heterocycles. The van der Waals surface area contributed by atoms with Crippen molar-refractivity contribution in [1.29, 1.82) is 0 Å². The van der Waals surface area contributed by atoms with E-state index < -0.39 is 24.4 Å². The van der Waals surface area contributed by atoms with Crippen LogP contribution in [0.3, 0.4) is 0 Å². The highest BCUT2D eigenvalue weighted by Gasteiger charge is 2.14. The van der Waals surface area contributed by atoms with E-state index in [9.17, 15) is 14.4 Å². The number of ether oxygens (including phenoxy) is 1. The first-order valence-electron chi connectivity index (χ1n) is 6.44. The van der Waals surface area contributed by atoms with Crippen molar-refractivity contribution in [2.24, 2.45) is 5.73 Å². The summed E-state index contributed by atoms with van der Waals surface area (Å²) in [6.07, 6.45) is 1.43. The molecule has 0 saturated carbocycles. The van der Waals surface area contributed by atoms with Gasteiger partial charge in [-0.15, -0.1) is 0 Å². The Morgan fingerprint density at radius 1 is 1.17 bits per heavy atom. The first-order valence-corrected chi connectivity index (χ1v) is 6.82. The van der Waals surface area contributed by atoms with Crippen LogP contribution in [0, 0.1) is 0 Å². The summed E-state index contributed by atoms with van der Waals surface area (Å²) in [5.74, 6) is -1.85. The molecule has 8 heteroatoms. The van der Waals surface area contributed by atoms with Gasteiger partial charge in [0.25, 0.3) is 5.91 Å². The normalized spacial score (nSPS) is 9.96. The van der Waals surface area contributed by atoms with E-state index in [0.717, 1.165) is 0 Å². The van der Waals surface area contributed by atoms with Gasteiger partial charge in [-0.1, -0.05) is 11.6 Å². The number of amides is 2. The molecule has 7 nitrogen and oxygen atoms in total. The predicted octanol–water partition coefficient (Wildman–Crippen LogP) is 1.63. The fourth-order valence-corrected chi connectivity index (χ4v) is 1.86. The standard InChI is InChI=1S/C15H12ClN3O4/c16-13-11(2-1-7-18-13)15(22)23-8-12(20)19-10-5-3-9(4-6-10)14(17)21/h1-7H,8H2,(H2,17,21)(H,19,20).